The molecule has 0 aromatic heterocycles. The predicted octanol–water partition coefficient (Wildman–Crippen LogP) is 3.98. The quantitative estimate of drug-likeness (QED) is 0.899. The van der Waals surface area contributed by atoms with Crippen molar-refractivity contribution in [3.63, 3.8) is 0 Å². The maximum Gasteiger partial charge on any atom is 0.416 e. The minimum atomic E-state index is -4.50. The smallest absolute Gasteiger partial charge is 0.384 e. The van der Waals surface area contributed by atoms with Crippen LogP contribution in [0.3, 0.4) is 0 Å². The van der Waals surface area contributed by atoms with Gasteiger partial charge in [0.05, 0.1) is 16.1 Å². The van der Waals surface area contributed by atoms with E-state index in [1.165, 1.54) is 6.07 Å². The standard InChI is InChI=1S/C13H17ClF3NO2S/c1-12(2,3)21(19,20)5-4-18-11-7-9(13(15,16)17)6-10(14)8-11/h6-8,18H,4-5H2,1-3H3. The van der Waals surface area contributed by atoms with Crippen LogP contribution in [0.5, 0.6) is 0 Å². The third-order valence-electron chi connectivity index (χ3n) is 2.86. The van der Waals surface area contributed by atoms with Crippen LogP contribution in [0.25, 0.3) is 0 Å². The summed E-state index contributed by atoms with van der Waals surface area (Å²) in [5, 5.41) is 2.60. The Hall–Kier alpha value is -0.950. The van der Waals surface area contributed by atoms with E-state index in [1.807, 2.05) is 0 Å². The first kappa shape index (κ1) is 18.1. The van der Waals surface area contributed by atoms with Gasteiger partial charge in [0.2, 0.25) is 0 Å². The molecule has 120 valence electrons. The molecule has 0 aliphatic rings. The SMILES string of the molecule is CC(C)(C)S(=O)(=O)CCNc1cc(Cl)cc(C(F)(F)F)c1. The van der Waals surface area contributed by atoms with Gasteiger partial charge in [0, 0.05) is 17.3 Å². The normalized spacial score (nSPS) is 13.3. The summed E-state index contributed by atoms with van der Waals surface area (Å²) in [6.07, 6.45) is -4.50. The van der Waals surface area contributed by atoms with E-state index in [0.29, 0.717) is 0 Å². The maximum absolute atomic E-state index is 12.6. The van der Waals surface area contributed by atoms with Crippen LogP contribution in [-0.4, -0.2) is 25.5 Å². The Morgan fingerprint density at radius 2 is 1.71 bits per heavy atom. The van der Waals surface area contributed by atoms with Crippen molar-refractivity contribution in [2.45, 2.75) is 31.7 Å². The first-order valence-corrected chi connectivity index (χ1v) is 8.20. The first-order chi connectivity index (χ1) is 9.33. The minimum Gasteiger partial charge on any atom is -0.384 e. The number of hydrogen-bond acceptors (Lipinski definition) is 3. The van der Waals surface area contributed by atoms with Gasteiger partial charge in [-0.2, -0.15) is 13.2 Å². The van der Waals surface area contributed by atoms with Crippen LogP contribution in [0, 0.1) is 0 Å². The number of alkyl halides is 3. The third kappa shape index (κ3) is 5.07. The number of rotatable bonds is 4. The first-order valence-electron chi connectivity index (χ1n) is 6.17. The molecule has 1 rings (SSSR count). The average molecular weight is 344 g/mol. The molecule has 0 aliphatic carbocycles. The Bertz CT molecular complexity index is 607. The number of sulfone groups is 1. The van der Waals surface area contributed by atoms with Gasteiger partial charge in [-0.05, 0) is 39.0 Å². The Labute approximate surface area is 127 Å². The van der Waals surface area contributed by atoms with Crippen LogP contribution >= 0.6 is 11.6 Å². The number of anilines is 1. The zero-order chi connectivity index (χ0) is 16.5. The summed E-state index contributed by atoms with van der Waals surface area (Å²) >= 11 is 5.64. The number of nitrogens with one attached hydrogen (secondary N) is 1. The van der Waals surface area contributed by atoms with Gasteiger partial charge in [-0.25, -0.2) is 8.42 Å². The summed E-state index contributed by atoms with van der Waals surface area (Å²) in [4.78, 5) is 0. The van der Waals surface area contributed by atoms with Crippen LogP contribution < -0.4 is 5.32 Å². The second-order valence-corrected chi connectivity index (χ2v) is 8.88. The van der Waals surface area contributed by atoms with Crippen molar-refractivity contribution in [3.8, 4) is 0 Å². The predicted molar refractivity (Wildman–Crippen MR) is 78.5 cm³/mol. The fourth-order valence-corrected chi connectivity index (χ4v) is 2.71. The lowest BCUT2D eigenvalue weighted by atomic mass is 10.2. The minimum absolute atomic E-state index is 0.0112. The topological polar surface area (TPSA) is 46.2 Å². The molecule has 0 radical (unpaired) electrons. The Morgan fingerprint density at radius 3 is 2.19 bits per heavy atom. The van der Waals surface area contributed by atoms with Crippen molar-refractivity contribution in [3.05, 3.63) is 28.8 Å². The van der Waals surface area contributed by atoms with Crippen molar-refractivity contribution < 1.29 is 21.6 Å². The lowest BCUT2D eigenvalue weighted by Gasteiger charge is -2.19. The number of benzene rings is 1. The van der Waals surface area contributed by atoms with E-state index in [1.54, 1.807) is 20.8 Å². The Kier molecular flexibility index (Phi) is 5.21. The summed E-state index contributed by atoms with van der Waals surface area (Å²) in [5.41, 5.74) is -0.741. The van der Waals surface area contributed by atoms with Crippen molar-refractivity contribution in [1.82, 2.24) is 0 Å². The molecule has 0 saturated carbocycles. The molecule has 0 unspecified atom stereocenters. The summed E-state index contributed by atoms with van der Waals surface area (Å²) < 4.78 is 60.8. The van der Waals surface area contributed by atoms with Crippen LogP contribution in [-0.2, 0) is 16.0 Å². The van der Waals surface area contributed by atoms with Crippen LogP contribution in [0.2, 0.25) is 5.02 Å². The van der Waals surface area contributed by atoms with Gasteiger partial charge in [-0.1, -0.05) is 11.6 Å². The van der Waals surface area contributed by atoms with Gasteiger partial charge in [-0.3, -0.25) is 0 Å². The molecule has 0 fully saturated rings. The zero-order valence-electron chi connectivity index (χ0n) is 11.9. The molecule has 0 saturated heterocycles. The molecule has 0 amide bonds. The average Bonchev–Trinajstić information content (AvgIpc) is 2.25. The van der Waals surface area contributed by atoms with Gasteiger partial charge < -0.3 is 5.32 Å². The largest absolute Gasteiger partial charge is 0.416 e. The second-order valence-electron chi connectivity index (χ2n) is 5.58. The van der Waals surface area contributed by atoms with E-state index >= 15 is 0 Å². The Morgan fingerprint density at radius 1 is 1.14 bits per heavy atom. The highest BCUT2D eigenvalue weighted by Crippen LogP contribution is 2.33. The van der Waals surface area contributed by atoms with Gasteiger partial charge >= 0.3 is 6.18 Å². The van der Waals surface area contributed by atoms with Crippen LogP contribution in [0.1, 0.15) is 26.3 Å². The van der Waals surface area contributed by atoms with E-state index in [9.17, 15) is 21.6 Å². The molecule has 1 N–H and O–H groups in total. The summed E-state index contributed by atoms with van der Waals surface area (Å²) in [7, 11) is -3.33. The molecular formula is C13H17ClF3NO2S. The molecule has 0 bridgehead atoms. The van der Waals surface area contributed by atoms with Crippen LogP contribution in [0.4, 0.5) is 18.9 Å². The fraction of sp³-hybridized carbons (Fsp3) is 0.538. The monoisotopic (exact) mass is 343 g/mol. The summed E-state index contributed by atoms with van der Waals surface area (Å²) in [6.45, 7) is 4.73. The molecule has 21 heavy (non-hydrogen) atoms. The van der Waals surface area contributed by atoms with Crippen molar-refractivity contribution in [1.29, 1.82) is 0 Å². The van der Waals surface area contributed by atoms with E-state index < -0.39 is 26.3 Å². The van der Waals surface area contributed by atoms with Gasteiger partial charge in [0.15, 0.2) is 9.84 Å². The maximum atomic E-state index is 12.6. The van der Waals surface area contributed by atoms with E-state index in [4.69, 9.17) is 11.6 Å². The molecule has 0 heterocycles. The number of halogens is 4. The number of hydrogen-bond donors (Lipinski definition) is 1. The highest BCUT2D eigenvalue weighted by atomic mass is 35.5. The zero-order valence-corrected chi connectivity index (χ0v) is 13.5. The second kappa shape index (κ2) is 6.04. The fourth-order valence-electron chi connectivity index (χ4n) is 1.49. The molecule has 8 heteroatoms. The molecule has 3 nitrogen and oxygen atoms in total. The van der Waals surface area contributed by atoms with Gasteiger partial charge in [0.1, 0.15) is 0 Å². The van der Waals surface area contributed by atoms with Crippen molar-refractivity contribution in [2.24, 2.45) is 0 Å². The third-order valence-corrected chi connectivity index (χ3v) is 5.68. The molecule has 0 aliphatic heterocycles. The molecule has 1 aromatic rings. The molecular weight excluding hydrogens is 327 g/mol. The van der Waals surface area contributed by atoms with E-state index in [0.717, 1.165) is 12.1 Å². The molecule has 1 aromatic carbocycles. The van der Waals surface area contributed by atoms with Crippen molar-refractivity contribution in [2.75, 3.05) is 17.6 Å². The molecule has 0 atom stereocenters. The summed E-state index contributed by atoms with van der Waals surface area (Å²) in [6, 6.07) is 3.04. The highest BCUT2D eigenvalue weighted by Gasteiger charge is 2.31. The Balaban J connectivity index is 2.80. The molecule has 0 spiro atoms. The van der Waals surface area contributed by atoms with Gasteiger partial charge in [-0.15, -0.1) is 0 Å². The summed E-state index contributed by atoms with van der Waals surface area (Å²) in [5.74, 6) is -0.176. The van der Waals surface area contributed by atoms with Crippen LogP contribution in [0.15, 0.2) is 18.2 Å². The lowest BCUT2D eigenvalue weighted by molar-refractivity contribution is -0.137. The van der Waals surface area contributed by atoms with Crippen molar-refractivity contribution >= 4 is 27.1 Å². The van der Waals surface area contributed by atoms with E-state index in [2.05, 4.69) is 5.32 Å². The van der Waals surface area contributed by atoms with Gasteiger partial charge in [0.25, 0.3) is 0 Å². The highest BCUT2D eigenvalue weighted by molar-refractivity contribution is 7.92. The van der Waals surface area contributed by atoms with E-state index in [-0.39, 0.29) is 23.0 Å². The lowest BCUT2D eigenvalue weighted by Crippen LogP contribution is -2.32.